The van der Waals surface area contributed by atoms with E-state index in [9.17, 15) is 0 Å². The average Bonchev–Trinajstić information content (AvgIpc) is 2.36. The lowest BCUT2D eigenvalue weighted by atomic mass is 10.2. The molecule has 1 aromatic rings. The smallest absolute Gasteiger partial charge is 0.128 e. The van der Waals surface area contributed by atoms with E-state index < -0.39 is 0 Å². The molecule has 0 spiro atoms. The van der Waals surface area contributed by atoms with Gasteiger partial charge in [-0.15, -0.1) is 0 Å². The molecule has 1 aromatic heterocycles. The Morgan fingerprint density at radius 2 is 2.11 bits per heavy atom. The number of anilines is 1. The van der Waals surface area contributed by atoms with Crippen molar-refractivity contribution in [3.8, 4) is 0 Å². The Morgan fingerprint density at radius 3 is 2.74 bits per heavy atom. The van der Waals surface area contributed by atoms with Crippen LogP contribution in [0.15, 0.2) is 12.1 Å². The Morgan fingerprint density at radius 1 is 1.37 bits per heavy atom. The number of rotatable bonds is 8. The van der Waals surface area contributed by atoms with Crippen LogP contribution in [0.4, 0.5) is 5.82 Å². The highest BCUT2D eigenvalue weighted by molar-refractivity contribution is 5.41. The van der Waals surface area contributed by atoms with Gasteiger partial charge in [0.1, 0.15) is 5.82 Å². The minimum atomic E-state index is 0.497. The van der Waals surface area contributed by atoms with E-state index in [1.165, 1.54) is 5.56 Å². The lowest BCUT2D eigenvalue weighted by Gasteiger charge is -2.19. The topological polar surface area (TPSA) is 37.4 Å². The first kappa shape index (κ1) is 15.9. The second-order valence-electron chi connectivity index (χ2n) is 5.28. The molecule has 108 valence electrons. The van der Waals surface area contributed by atoms with Crippen molar-refractivity contribution in [1.29, 1.82) is 0 Å². The first-order valence-corrected chi connectivity index (χ1v) is 6.94. The first-order valence-electron chi connectivity index (χ1n) is 6.94. The number of ether oxygens (including phenoxy) is 1. The molecular weight excluding hydrogens is 238 g/mol. The summed E-state index contributed by atoms with van der Waals surface area (Å²) in [7, 11) is 3.82. The van der Waals surface area contributed by atoms with Crippen molar-refractivity contribution in [2.75, 3.05) is 32.2 Å². The third kappa shape index (κ3) is 6.03. The van der Waals surface area contributed by atoms with Crippen molar-refractivity contribution < 1.29 is 4.74 Å². The van der Waals surface area contributed by atoms with E-state index in [0.29, 0.717) is 6.04 Å². The summed E-state index contributed by atoms with van der Waals surface area (Å²) in [6, 6.07) is 4.80. The Bertz CT molecular complexity index is 380. The number of hydrogen-bond acceptors (Lipinski definition) is 4. The van der Waals surface area contributed by atoms with Gasteiger partial charge < -0.3 is 15.0 Å². The second-order valence-corrected chi connectivity index (χ2v) is 5.28. The molecule has 0 amide bonds. The molecule has 1 N–H and O–H groups in total. The molecule has 1 rings (SSSR count). The van der Waals surface area contributed by atoms with E-state index >= 15 is 0 Å². The van der Waals surface area contributed by atoms with Gasteiger partial charge in [0.15, 0.2) is 0 Å². The molecule has 0 aliphatic heterocycles. The van der Waals surface area contributed by atoms with Crippen molar-refractivity contribution in [3.63, 3.8) is 0 Å². The van der Waals surface area contributed by atoms with Gasteiger partial charge in [0.2, 0.25) is 0 Å². The number of aromatic nitrogens is 1. The molecule has 0 atom stereocenters. The molecule has 19 heavy (non-hydrogen) atoms. The number of hydrogen-bond donors (Lipinski definition) is 1. The summed E-state index contributed by atoms with van der Waals surface area (Å²) < 4.78 is 5.08. The quantitative estimate of drug-likeness (QED) is 0.732. The molecule has 0 aliphatic rings. The average molecular weight is 265 g/mol. The third-order valence-corrected chi connectivity index (χ3v) is 2.95. The molecule has 4 heteroatoms. The van der Waals surface area contributed by atoms with Crippen molar-refractivity contribution in [2.24, 2.45) is 0 Å². The van der Waals surface area contributed by atoms with E-state index in [2.05, 4.69) is 48.2 Å². The monoisotopic (exact) mass is 265 g/mol. The summed E-state index contributed by atoms with van der Waals surface area (Å²) in [5.41, 5.74) is 2.35. The Kier molecular flexibility index (Phi) is 6.81. The summed E-state index contributed by atoms with van der Waals surface area (Å²) in [6.07, 6.45) is 1.02. The fourth-order valence-electron chi connectivity index (χ4n) is 1.90. The lowest BCUT2D eigenvalue weighted by Crippen LogP contribution is -2.24. The minimum absolute atomic E-state index is 0.497. The van der Waals surface area contributed by atoms with Gasteiger partial charge in [0.05, 0.1) is 0 Å². The lowest BCUT2D eigenvalue weighted by molar-refractivity contribution is 0.196. The third-order valence-electron chi connectivity index (χ3n) is 2.95. The van der Waals surface area contributed by atoms with Crippen molar-refractivity contribution in [3.05, 3.63) is 23.4 Å². The Labute approximate surface area is 117 Å². The van der Waals surface area contributed by atoms with Crippen LogP contribution in [-0.4, -0.2) is 38.3 Å². The van der Waals surface area contributed by atoms with Crippen LogP contribution in [-0.2, 0) is 11.3 Å². The maximum Gasteiger partial charge on any atom is 0.128 e. The Balaban J connectivity index is 2.66. The molecule has 0 aliphatic carbocycles. The summed E-state index contributed by atoms with van der Waals surface area (Å²) in [5, 5.41) is 3.44. The van der Waals surface area contributed by atoms with Gasteiger partial charge in [0.25, 0.3) is 0 Å². The van der Waals surface area contributed by atoms with Crippen molar-refractivity contribution in [2.45, 2.75) is 39.8 Å². The minimum Gasteiger partial charge on any atom is -0.385 e. The first-order chi connectivity index (χ1) is 9.02. The van der Waals surface area contributed by atoms with E-state index in [1.54, 1.807) is 7.11 Å². The van der Waals surface area contributed by atoms with Crippen LogP contribution >= 0.6 is 0 Å². The molecule has 1 heterocycles. The fourth-order valence-corrected chi connectivity index (χ4v) is 1.90. The molecule has 0 unspecified atom stereocenters. The normalized spacial score (nSPS) is 11.1. The zero-order valence-corrected chi connectivity index (χ0v) is 12.9. The zero-order valence-electron chi connectivity index (χ0n) is 12.9. The molecule has 0 fully saturated rings. The predicted molar refractivity (Wildman–Crippen MR) is 80.7 cm³/mol. The molecule has 0 aromatic carbocycles. The fraction of sp³-hybridized carbons (Fsp3) is 0.667. The Hall–Kier alpha value is -1.13. The highest BCUT2D eigenvalue weighted by Gasteiger charge is 2.06. The maximum atomic E-state index is 5.08. The number of nitrogens with zero attached hydrogens (tertiary/aromatic N) is 2. The predicted octanol–water partition coefficient (Wildman–Crippen LogP) is 2.36. The van der Waals surface area contributed by atoms with Gasteiger partial charge in [-0.05, 0) is 31.0 Å². The summed E-state index contributed by atoms with van der Waals surface area (Å²) in [5.74, 6) is 1.04. The molecule has 0 saturated heterocycles. The maximum absolute atomic E-state index is 5.08. The van der Waals surface area contributed by atoms with Gasteiger partial charge >= 0.3 is 0 Å². The number of methoxy groups -OCH3 is 1. The van der Waals surface area contributed by atoms with Crippen LogP contribution in [0.25, 0.3) is 0 Å². The largest absolute Gasteiger partial charge is 0.385 e. The summed E-state index contributed by atoms with van der Waals surface area (Å²) >= 11 is 0. The molecule has 4 nitrogen and oxygen atoms in total. The van der Waals surface area contributed by atoms with Crippen LogP contribution in [0.3, 0.4) is 0 Å². The van der Waals surface area contributed by atoms with Crippen LogP contribution in [0.1, 0.15) is 31.5 Å². The number of aryl methyl sites for hydroxylation is 1. The summed E-state index contributed by atoms with van der Waals surface area (Å²) in [4.78, 5) is 6.78. The van der Waals surface area contributed by atoms with E-state index in [-0.39, 0.29) is 0 Å². The van der Waals surface area contributed by atoms with Gasteiger partial charge in [-0.1, -0.05) is 13.8 Å². The molecule has 0 saturated carbocycles. The standard InChI is InChI=1S/C15H27N3O/c1-12(2)16-11-14-9-13(3)17-15(10-14)18(4)7-6-8-19-5/h9-10,12,16H,6-8,11H2,1-5H3. The van der Waals surface area contributed by atoms with Gasteiger partial charge in [0, 0.05) is 45.6 Å². The van der Waals surface area contributed by atoms with Crippen LogP contribution in [0.5, 0.6) is 0 Å². The molecule has 0 radical (unpaired) electrons. The van der Waals surface area contributed by atoms with E-state index in [4.69, 9.17) is 4.74 Å². The van der Waals surface area contributed by atoms with E-state index in [0.717, 1.165) is 37.6 Å². The highest BCUT2D eigenvalue weighted by Crippen LogP contribution is 2.14. The van der Waals surface area contributed by atoms with Gasteiger partial charge in [-0.25, -0.2) is 4.98 Å². The van der Waals surface area contributed by atoms with Crippen LogP contribution in [0, 0.1) is 6.92 Å². The van der Waals surface area contributed by atoms with Gasteiger partial charge in [-0.2, -0.15) is 0 Å². The second kappa shape index (κ2) is 8.12. The zero-order chi connectivity index (χ0) is 14.3. The van der Waals surface area contributed by atoms with Gasteiger partial charge in [-0.3, -0.25) is 0 Å². The van der Waals surface area contributed by atoms with Crippen molar-refractivity contribution in [1.82, 2.24) is 10.3 Å². The van der Waals surface area contributed by atoms with Crippen LogP contribution in [0.2, 0.25) is 0 Å². The SMILES string of the molecule is COCCCN(C)c1cc(CNC(C)C)cc(C)n1. The number of pyridine rings is 1. The van der Waals surface area contributed by atoms with Crippen molar-refractivity contribution >= 4 is 5.82 Å². The number of nitrogens with one attached hydrogen (secondary N) is 1. The molecular formula is C15H27N3O. The van der Waals surface area contributed by atoms with E-state index in [1.807, 2.05) is 6.92 Å². The highest BCUT2D eigenvalue weighted by atomic mass is 16.5. The van der Waals surface area contributed by atoms with Crippen LogP contribution < -0.4 is 10.2 Å². The summed E-state index contributed by atoms with van der Waals surface area (Å²) in [6.45, 7) is 9.00. The molecule has 0 bridgehead atoms.